The molecule has 164 valence electrons. The first-order valence-corrected chi connectivity index (χ1v) is 9.57. The van der Waals surface area contributed by atoms with Crippen molar-refractivity contribution >= 4 is 12.2 Å². The lowest BCUT2D eigenvalue weighted by atomic mass is 10.3. The Morgan fingerprint density at radius 1 is 0.633 bits per heavy atom. The summed E-state index contributed by atoms with van der Waals surface area (Å²) in [4.78, 5) is 22.1. The van der Waals surface area contributed by atoms with Crippen molar-refractivity contribution in [3.8, 4) is 23.0 Å². The van der Waals surface area contributed by atoms with Gasteiger partial charge in [0.15, 0.2) is 23.0 Å². The third kappa shape index (κ3) is 9.18. The van der Waals surface area contributed by atoms with Crippen molar-refractivity contribution in [3.05, 3.63) is 48.5 Å². The molecule has 0 aliphatic carbocycles. The largest absolute Gasteiger partial charge is 0.487 e. The summed E-state index contributed by atoms with van der Waals surface area (Å²) < 4.78 is 21.0. The Balaban J connectivity index is 0.000000300. The molecule has 0 bridgehead atoms. The summed E-state index contributed by atoms with van der Waals surface area (Å²) in [6.07, 6.45) is -0.927. The maximum absolute atomic E-state index is 11.0. The van der Waals surface area contributed by atoms with E-state index in [1.54, 1.807) is 36.4 Å². The van der Waals surface area contributed by atoms with Crippen LogP contribution in [0, 0.1) is 0 Å². The van der Waals surface area contributed by atoms with Gasteiger partial charge in [0.05, 0.1) is 12.2 Å². The van der Waals surface area contributed by atoms with Gasteiger partial charge in [-0.2, -0.15) is 0 Å². The first-order chi connectivity index (χ1) is 14.3. The topological polar surface area (TPSA) is 95.1 Å². The van der Waals surface area contributed by atoms with Crippen LogP contribution in [0.5, 0.6) is 23.0 Å². The van der Waals surface area contributed by atoms with E-state index >= 15 is 0 Å². The molecule has 0 aliphatic rings. The summed E-state index contributed by atoms with van der Waals surface area (Å²) in [6.45, 7) is 7.65. The molecular formula is C22H30N2O6. The normalized spacial score (nSPS) is 9.87. The van der Waals surface area contributed by atoms with E-state index in [2.05, 4.69) is 10.6 Å². The molecule has 0 aliphatic heterocycles. The van der Waals surface area contributed by atoms with E-state index in [-0.39, 0.29) is 12.2 Å². The van der Waals surface area contributed by atoms with E-state index in [1.807, 2.05) is 39.8 Å². The molecule has 0 radical (unpaired) electrons. The van der Waals surface area contributed by atoms with Gasteiger partial charge in [0.25, 0.3) is 0 Å². The highest BCUT2D eigenvalue weighted by atomic mass is 16.6. The monoisotopic (exact) mass is 418 g/mol. The zero-order valence-corrected chi connectivity index (χ0v) is 18.2. The van der Waals surface area contributed by atoms with E-state index in [9.17, 15) is 9.59 Å². The van der Waals surface area contributed by atoms with Gasteiger partial charge in [-0.25, -0.2) is 9.59 Å². The Bertz CT molecular complexity index is 740. The minimum atomic E-state index is -0.505. The minimum absolute atomic E-state index is 0.0411. The second kappa shape index (κ2) is 12.9. The Hall–Kier alpha value is -3.42. The lowest BCUT2D eigenvalue weighted by Gasteiger charge is -2.13. The van der Waals surface area contributed by atoms with Crippen LogP contribution < -0.4 is 29.6 Å². The summed E-state index contributed by atoms with van der Waals surface area (Å²) in [5.74, 6) is 1.98. The van der Waals surface area contributed by atoms with Gasteiger partial charge in [-0.15, -0.1) is 0 Å². The Morgan fingerprint density at radius 2 is 0.933 bits per heavy atom. The van der Waals surface area contributed by atoms with Crippen LogP contribution in [0.15, 0.2) is 48.5 Å². The molecule has 2 amide bonds. The SMILES string of the molecule is CNC(=O)Oc1ccccc1OC(C)C.CNC(=O)Oc1ccccc1OC(C)C. The molecule has 0 saturated heterocycles. The molecule has 0 aromatic heterocycles. The number of hydrogen-bond donors (Lipinski definition) is 2. The molecule has 2 aromatic carbocycles. The smallest absolute Gasteiger partial charge is 0.412 e. The van der Waals surface area contributed by atoms with Crippen molar-refractivity contribution < 1.29 is 28.5 Å². The number of ether oxygens (including phenoxy) is 4. The fourth-order valence-corrected chi connectivity index (χ4v) is 2.07. The van der Waals surface area contributed by atoms with Crippen LogP contribution in [0.25, 0.3) is 0 Å². The third-order valence-corrected chi connectivity index (χ3v) is 3.24. The van der Waals surface area contributed by atoms with Gasteiger partial charge in [0.1, 0.15) is 0 Å². The van der Waals surface area contributed by atoms with E-state index in [4.69, 9.17) is 18.9 Å². The average molecular weight is 418 g/mol. The van der Waals surface area contributed by atoms with Gasteiger partial charge in [-0.1, -0.05) is 24.3 Å². The molecule has 2 aromatic rings. The number of carbonyl (C=O) groups excluding carboxylic acids is 2. The molecule has 0 fully saturated rings. The summed E-state index contributed by atoms with van der Waals surface area (Å²) in [7, 11) is 3.02. The van der Waals surface area contributed by atoms with Crippen molar-refractivity contribution in [1.29, 1.82) is 0 Å². The maximum atomic E-state index is 11.0. The van der Waals surface area contributed by atoms with Gasteiger partial charge >= 0.3 is 12.2 Å². The van der Waals surface area contributed by atoms with Crippen LogP contribution in [-0.2, 0) is 0 Å². The van der Waals surface area contributed by atoms with Crippen LogP contribution >= 0.6 is 0 Å². The molecule has 0 unspecified atom stereocenters. The minimum Gasteiger partial charge on any atom is -0.487 e. The first-order valence-electron chi connectivity index (χ1n) is 9.57. The van der Waals surface area contributed by atoms with E-state index < -0.39 is 12.2 Å². The van der Waals surface area contributed by atoms with E-state index in [0.29, 0.717) is 23.0 Å². The highest BCUT2D eigenvalue weighted by Gasteiger charge is 2.10. The third-order valence-electron chi connectivity index (χ3n) is 3.24. The zero-order chi connectivity index (χ0) is 22.5. The van der Waals surface area contributed by atoms with Crippen molar-refractivity contribution in [2.75, 3.05) is 14.1 Å². The summed E-state index contributed by atoms with van der Waals surface area (Å²) in [5, 5.41) is 4.75. The fraction of sp³-hybridized carbons (Fsp3) is 0.364. The van der Waals surface area contributed by atoms with Crippen LogP contribution in [0.2, 0.25) is 0 Å². The van der Waals surface area contributed by atoms with Crippen molar-refractivity contribution in [3.63, 3.8) is 0 Å². The molecule has 0 spiro atoms. The second-order valence-corrected chi connectivity index (χ2v) is 6.51. The lowest BCUT2D eigenvalue weighted by molar-refractivity contribution is 0.193. The lowest BCUT2D eigenvalue weighted by Crippen LogP contribution is -2.22. The predicted octanol–water partition coefficient (Wildman–Crippen LogP) is 4.38. The van der Waals surface area contributed by atoms with Gasteiger partial charge in [0, 0.05) is 14.1 Å². The molecule has 0 heterocycles. The van der Waals surface area contributed by atoms with Crippen LogP contribution in [0.3, 0.4) is 0 Å². The number of nitrogens with one attached hydrogen (secondary N) is 2. The summed E-state index contributed by atoms with van der Waals surface area (Å²) in [5.41, 5.74) is 0. The number of hydrogen-bond acceptors (Lipinski definition) is 6. The second-order valence-electron chi connectivity index (χ2n) is 6.51. The van der Waals surface area contributed by atoms with Crippen molar-refractivity contribution in [2.24, 2.45) is 0 Å². The van der Waals surface area contributed by atoms with Gasteiger partial charge in [-0.05, 0) is 52.0 Å². The fourth-order valence-electron chi connectivity index (χ4n) is 2.07. The molecule has 8 nitrogen and oxygen atoms in total. The first kappa shape index (κ1) is 24.6. The van der Waals surface area contributed by atoms with Crippen molar-refractivity contribution in [1.82, 2.24) is 10.6 Å². The maximum Gasteiger partial charge on any atom is 0.412 e. The van der Waals surface area contributed by atoms with Crippen LogP contribution in [0.1, 0.15) is 27.7 Å². The summed E-state index contributed by atoms with van der Waals surface area (Å²) >= 11 is 0. The number of para-hydroxylation sites is 4. The van der Waals surface area contributed by atoms with Gasteiger partial charge < -0.3 is 29.6 Å². The van der Waals surface area contributed by atoms with Crippen molar-refractivity contribution in [2.45, 2.75) is 39.9 Å². The molecular weight excluding hydrogens is 388 g/mol. The molecule has 2 rings (SSSR count). The highest BCUT2D eigenvalue weighted by molar-refractivity contribution is 5.71. The Kier molecular flexibility index (Phi) is 10.6. The van der Waals surface area contributed by atoms with E-state index in [1.165, 1.54) is 14.1 Å². The highest BCUT2D eigenvalue weighted by Crippen LogP contribution is 2.28. The average Bonchev–Trinajstić information content (AvgIpc) is 2.70. The Morgan fingerprint density at radius 3 is 1.20 bits per heavy atom. The summed E-state index contributed by atoms with van der Waals surface area (Å²) in [6, 6.07) is 14.1. The Labute approximate surface area is 177 Å². The molecule has 30 heavy (non-hydrogen) atoms. The zero-order valence-electron chi connectivity index (χ0n) is 18.2. The number of rotatable bonds is 6. The number of benzene rings is 2. The van der Waals surface area contributed by atoms with E-state index in [0.717, 1.165) is 0 Å². The number of amides is 2. The van der Waals surface area contributed by atoms with Gasteiger partial charge in [-0.3, -0.25) is 0 Å². The van der Waals surface area contributed by atoms with Crippen LogP contribution in [-0.4, -0.2) is 38.5 Å². The quantitative estimate of drug-likeness (QED) is 0.723. The molecule has 0 saturated carbocycles. The predicted molar refractivity (Wildman–Crippen MR) is 115 cm³/mol. The van der Waals surface area contributed by atoms with Crippen LogP contribution in [0.4, 0.5) is 9.59 Å². The molecule has 2 N–H and O–H groups in total. The standard InChI is InChI=1S/2C11H15NO3/c2*1-8(2)14-9-6-4-5-7-10(9)15-11(13)12-3/h2*4-8H,1-3H3,(H,12,13). The number of carbonyl (C=O) groups is 2. The molecule has 8 heteroatoms. The van der Waals surface area contributed by atoms with Gasteiger partial charge in [0.2, 0.25) is 0 Å². The molecule has 0 atom stereocenters.